The fourth-order valence-corrected chi connectivity index (χ4v) is 0.131. The van der Waals surface area contributed by atoms with E-state index in [0.29, 0.717) is 5.57 Å². The third-order valence-electron chi connectivity index (χ3n) is 0.791. The molecule has 4 heteroatoms. The molecule has 0 saturated heterocycles. The minimum atomic E-state index is -0.595. The summed E-state index contributed by atoms with van der Waals surface area (Å²) in [5, 5.41) is 3.50. The fraction of sp³-hybridized carbons (Fsp3) is 0.571. The number of hydrogen-bond donors (Lipinski definition) is 0. The molecule has 0 aliphatic heterocycles. The van der Waals surface area contributed by atoms with Crippen molar-refractivity contribution >= 4 is 5.91 Å². The van der Waals surface area contributed by atoms with Crippen molar-refractivity contribution in [2.45, 2.75) is 13.8 Å². The van der Waals surface area contributed by atoms with Crippen LogP contribution in [0.5, 0.6) is 0 Å². The Labute approximate surface area is 93.7 Å². The molecule has 1 radical (unpaired) electrons. The molecule has 0 spiro atoms. The maximum atomic E-state index is 9.97. The van der Waals surface area contributed by atoms with Gasteiger partial charge in [0.1, 0.15) is 0 Å². The SMILES string of the molecule is C/C=C(/C)C([NH-])=O.C[N-]C.[Y]. The first kappa shape index (κ1) is 17.4. The molecular weight excluding hydrogens is 217 g/mol. The van der Waals surface area contributed by atoms with Crippen molar-refractivity contribution in [1.82, 2.24) is 0 Å². The largest absolute Gasteiger partial charge is 0.668 e. The molecule has 0 aliphatic rings. The molecule has 1 amide bonds. The number of carbonyl (C=O) groups excluding carboxylic acids is 1. The van der Waals surface area contributed by atoms with Gasteiger partial charge in [0.15, 0.2) is 0 Å². The van der Waals surface area contributed by atoms with Gasteiger partial charge in [-0.05, 0) is 19.4 Å². The Morgan fingerprint density at radius 2 is 1.73 bits per heavy atom. The van der Waals surface area contributed by atoms with Crippen LogP contribution in [0, 0.1) is 0 Å². The zero-order valence-corrected chi connectivity index (χ0v) is 10.3. The zero-order valence-electron chi connectivity index (χ0n) is 7.51. The van der Waals surface area contributed by atoms with Crippen LogP contribution in [0.3, 0.4) is 0 Å². The number of carbonyl (C=O) groups is 1. The van der Waals surface area contributed by atoms with E-state index < -0.39 is 5.91 Å². The van der Waals surface area contributed by atoms with Crippen molar-refractivity contribution in [3.63, 3.8) is 0 Å². The quantitative estimate of drug-likeness (QED) is 0.638. The van der Waals surface area contributed by atoms with Gasteiger partial charge in [0.25, 0.3) is 0 Å². The van der Waals surface area contributed by atoms with E-state index in [0.717, 1.165) is 0 Å². The summed E-state index contributed by atoms with van der Waals surface area (Å²) in [7, 11) is 3.50. The van der Waals surface area contributed by atoms with E-state index in [2.05, 4.69) is 5.32 Å². The molecule has 0 unspecified atom stereocenters. The fourth-order valence-electron chi connectivity index (χ4n) is 0.131. The van der Waals surface area contributed by atoms with Gasteiger partial charge < -0.3 is 15.8 Å². The number of nitrogens with one attached hydrogen (secondary N) is 1. The van der Waals surface area contributed by atoms with Gasteiger partial charge in [0.05, 0.1) is 5.91 Å². The summed E-state index contributed by atoms with van der Waals surface area (Å²) >= 11 is 0. The van der Waals surface area contributed by atoms with Crippen molar-refractivity contribution in [1.29, 1.82) is 0 Å². The number of nitrogens with zero attached hydrogens (tertiary/aromatic N) is 1. The van der Waals surface area contributed by atoms with Crippen molar-refractivity contribution < 1.29 is 37.5 Å². The van der Waals surface area contributed by atoms with Crippen molar-refractivity contribution in [2.24, 2.45) is 0 Å². The summed E-state index contributed by atoms with van der Waals surface area (Å²) in [4.78, 5) is 9.97. The van der Waals surface area contributed by atoms with Crippen LogP contribution in [0.2, 0.25) is 0 Å². The van der Waals surface area contributed by atoms with Gasteiger partial charge in [0.2, 0.25) is 0 Å². The standard InChI is InChI=1S/C5H9NO.C2H6N.Y/c1-3-4(2)5(6)7;1-3-2;/h3H,1-2H3,(H2,6,7);1-2H3;/q;-1;/p-1/b4-3-;;. The summed E-state index contributed by atoms with van der Waals surface area (Å²) in [6, 6.07) is 0. The van der Waals surface area contributed by atoms with Gasteiger partial charge in [-0.1, -0.05) is 6.08 Å². The minimum Gasteiger partial charge on any atom is -0.668 e. The van der Waals surface area contributed by atoms with Gasteiger partial charge in [-0.15, -0.1) is 0 Å². The molecule has 3 nitrogen and oxygen atoms in total. The number of amides is 1. The van der Waals surface area contributed by atoms with Crippen LogP contribution in [0.15, 0.2) is 11.6 Å². The molecule has 11 heavy (non-hydrogen) atoms. The van der Waals surface area contributed by atoms with Crippen LogP contribution < -0.4 is 0 Å². The summed E-state index contributed by atoms with van der Waals surface area (Å²) in [5.74, 6) is -0.595. The van der Waals surface area contributed by atoms with Crippen LogP contribution in [0.1, 0.15) is 13.8 Å². The molecule has 0 bridgehead atoms. The van der Waals surface area contributed by atoms with E-state index >= 15 is 0 Å². The van der Waals surface area contributed by atoms with Gasteiger partial charge >= 0.3 is 0 Å². The summed E-state index contributed by atoms with van der Waals surface area (Å²) in [6.07, 6.45) is 1.62. The van der Waals surface area contributed by atoms with Gasteiger partial charge in [-0.3, -0.25) is 0 Å². The van der Waals surface area contributed by atoms with Crippen LogP contribution in [-0.2, 0) is 37.5 Å². The van der Waals surface area contributed by atoms with Crippen molar-refractivity contribution in [3.8, 4) is 0 Å². The van der Waals surface area contributed by atoms with E-state index in [9.17, 15) is 4.79 Å². The number of rotatable bonds is 1. The zero-order chi connectivity index (χ0) is 8.57. The van der Waals surface area contributed by atoms with Gasteiger partial charge in [0, 0.05) is 32.7 Å². The Kier molecular flexibility index (Phi) is 20.4. The van der Waals surface area contributed by atoms with Crippen molar-refractivity contribution in [2.75, 3.05) is 14.1 Å². The Morgan fingerprint density at radius 3 is 1.73 bits per heavy atom. The third-order valence-corrected chi connectivity index (χ3v) is 0.791. The summed E-state index contributed by atoms with van der Waals surface area (Å²) in [6.45, 7) is 3.36. The van der Waals surface area contributed by atoms with Crippen LogP contribution >= 0.6 is 0 Å². The second-order valence-corrected chi connectivity index (χ2v) is 1.75. The molecule has 0 fully saturated rings. The molecule has 0 aromatic heterocycles. The Hall–Kier alpha value is 0.274. The molecule has 0 rings (SSSR count). The molecule has 0 aliphatic carbocycles. The second-order valence-electron chi connectivity index (χ2n) is 1.75. The molecule has 63 valence electrons. The molecule has 0 heterocycles. The molecule has 0 aromatic carbocycles. The van der Waals surface area contributed by atoms with E-state index in [4.69, 9.17) is 5.73 Å². The Morgan fingerprint density at radius 1 is 1.45 bits per heavy atom. The first-order chi connectivity index (χ1) is 4.59. The number of allylic oxidation sites excluding steroid dienone is 1. The van der Waals surface area contributed by atoms with E-state index in [1.807, 2.05) is 0 Å². The van der Waals surface area contributed by atoms with E-state index in [1.54, 1.807) is 34.0 Å². The second kappa shape index (κ2) is 12.9. The van der Waals surface area contributed by atoms with E-state index in [1.165, 1.54) is 0 Å². The third kappa shape index (κ3) is 17.9. The first-order valence-electron chi connectivity index (χ1n) is 2.96. The monoisotopic (exact) mass is 231 g/mol. The predicted molar refractivity (Wildman–Crippen MR) is 44.0 cm³/mol. The first-order valence-corrected chi connectivity index (χ1v) is 2.96. The van der Waals surface area contributed by atoms with Crippen LogP contribution in [0.4, 0.5) is 0 Å². The molecule has 1 N–H and O–H groups in total. The predicted octanol–water partition coefficient (Wildman–Crippen LogP) is 2.15. The van der Waals surface area contributed by atoms with Gasteiger partial charge in [-0.25, -0.2) is 0 Å². The molecule has 0 atom stereocenters. The van der Waals surface area contributed by atoms with Crippen LogP contribution in [0.25, 0.3) is 11.1 Å². The topological polar surface area (TPSA) is 55.0 Å². The normalized spacial score (nSPS) is 8.91. The molecule has 0 saturated carbocycles. The maximum absolute atomic E-state index is 9.97. The summed E-state index contributed by atoms with van der Waals surface area (Å²) in [5.41, 5.74) is 6.98. The number of hydrogen-bond acceptors (Lipinski definition) is 1. The smallest absolute Gasteiger partial charge is 0.0749 e. The Balaban J connectivity index is -0.000000140. The Bertz CT molecular complexity index is 124. The van der Waals surface area contributed by atoms with Crippen molar-refractivity contribution in [3.05, 3.63) is 22.7 Å². The maximum Gasteiger partial charge on any atom is 0.0749 e. The average Bonchev–Trinajstić information content (AvgIpc) is 1.88. The average molecular weight is 231 g/mol. The van der Waals surface area contributed by atoms with Crippen LogP contribution in [-0.4, -0.2) is 20.0 Å². The van der Waals surface area contributed by atoms with E-state index in [-0.39, 0.29) is 32.7 Å². The molecular formula is C7H14N2OY-2. The minimum absolute atomic E-state index is 0. The van der Waals surface area contributed by atoms with Gasteiger partial charge in [-0.2, -0.15) is 14.1 Å². The molecule has 0 aromatic rings. The summed E-state index contributed by atoms with van der Waals surface area (Å²) < 4.78 is 0.